The Morgan fingerprint density at radius 1 is 1.07 bits per heavy atom. The van der Waals surface area contributed by atoms with E-state index >= 15 is 0 Å². The van der Waals surface area contributed by atoms with E-state index < -0.39 is 9.84 Å². The van der Waals surface area contributed by atoms with Crippen LogP contribution in [0.25, 0.3) is 4.85 Å². The number of sulfone groups is 1. The van der Waals surface area contributed by atoms with Crippen molar-refractivity contribution in [1.82, 2.24) is 0 Å². The molecule has 2 aromatic carbocycles. The lowest BCUT2D eigenvalue weighted by atomic mass is 9.79. The smallest absolute Gasteiger partial charge is 0.191 e. The Morgan fingerprint density at radius 3 is 2.27 bits per heavy atom. The van der Waals surface area contributed by atoms with E-state index in [1.54, 1.807) is 6.07 Å². The van der Waals surface area contributed by atoms with Gasteiger partial charge >= 0.3 is 0 Å². The molecule has 0 N–H and O–H groups in total. The third-order valence-electron chi connectivity index (χ3n) is 6.20. The van der Waals surface area contributed by atoms with Gasteiger partial charge < -0.3 is 4.90 Å². The lowest BCUT2D eigenvalue weighted by Crippen LogP contribution is -2.38. The summed E-state index contributed by atoms with van der Waals surface area (Å²) in [5.41, 5.74) is 2.64. The summed E-state index contributed by atoms with van der Waals surface area (Å²) in [5, 5.41) is 0. The lowest BCUT2D eigenvalue weighted by molar-refractivity contribution is 0.270. The zero-order valence-corrected chi connectivity index (χ0v) is 19.1. The summed E-state index contributed by atoms with van der Waals surface area (Å²) in [4.78, 5) is 6.06. The van der Waals surface area contributed by atoms with Gasteiger partial charge in [-0.25, -0.2) is 13.3 Å². The van der Waals surface area contributed by atoms with Crippen molar-refractivity contribution in [1.29, 1.82) is 0 Å². The standard InChI is InChI=1S/C25H32N2O2S/c1-5-7-14-25(15-8-6-2)18-27(21-12-10-9-11-13-21)23-16-20(3)22(26-4)17-24(23)30(28,29)19-25/h9-13,16-17H,5-8,14-15,18-19H2,1-3H3. The second-order valence-electron chi connectivity index (χ2n) is 8.61. The van der Waals surface area contributed by atoms with Crippen LogP contribution in [0.5, 0.6) is 0 Å². The van der Waals surface area contributed by atoms with Gasteiger partial charge in [-0.05, 0) is 49.6 Å². The molecule has 0 saturated heterocycles. The zero-order valence-electron chi connectivity index (χ0n) is 18.3. The van der Waals surface area contributed by atoms with Crippen LogP contribution in [0.3, 0.4) is 0 Å². The third kappa shape index (κ3) is 4.54. The zero-order chi connectivity index (χ0) is 21.8. The number of unbranched alkanes of at least 4 members (excludes halogenated alkanes) is 2. The van der Waals surface area contributed by atoms with Crippen LogP contribution in [0.2, 0.25) is 0 Å². The Morgan fingerprint density at radius 2 is 1.70 bits per heavy atom. The second kappa shape index (κ2) is 9.22. The summed E-state index contributed by atoms with van der Waals surface area (Å²) in [6.07, 6.45) is 5.93. The van der Waals surface area contributed by atoms with Crippen LogP contribution in [0.4, 0.5) is 17.1 Å². The van der Waals surface area contributed by atoms with Crippen LogP contribution in [0.15, 0.2) is 47.4 Å². The highest BCUT2D eigenvalue weighted by atomic mass is 32.2. The Bertz CT molecular complexity index is 1020. The summed E-state index contributed by atoms with van der Waals surface area (Å²) in [6.45, 7) is 14.4. The van der Waals surface area contributed by atoms with E-state index in [2.05, 4.69) is 23.6 Å². The van der Waals surface area contributed by atoms with Crippen molar-refractivity contribution >= 4 is 26.9 Å². The van der Waals surface area contributed by atoms with Crippen LogP contribution in [-0.4, -0.2) is 20.7 Å². The fourth-order valence-electron chi connectivity index (χ4n) is 4.56. The molecule has 3 rings (SSSR count). The SMILES string of the molecule is [C-]#[N+]c1cc2c(cc1C)N(c1ccccc1)CC(CCCC)(CCCC)CS2(=O)=O. The molecule has 0 amide bonds. The molecule has 0 fully saturated rings. The monoisotopic (exact) mass is 424 g/mol. The van der Waals surface area contributed by atoms with E-state index in [0.29, 0.717) is 22.8 Å². The van der Waals surface area contributed by atoms with Gasteiger partial charge in [0, 0.05) is 17.6 Å². The van der Waals surface area contributed by atoms with Crippen molar-refractivity contribution in [3.8, 4) is 0 Å². The van der Waals surface area contributed by atoms with E-state index in [9.17, 15) is 8.42 Å². The normalized spacial score (nSPS) is 17.1. The average Bonchev–Trinajstić information content (AvgIpc) is 2.83. The van der Waals surface area contributed by atoms with E-state index in [1.165, 1.54) is 0 Å². The molecule has 0 radical (unpaired) electrons. The molecule has 4 nitrogen and oxygen atoms in total. The van der Waals surface area contributed by atoms with Gasteiger partial charge in [-0.1, -0.05) is 57.7 Å². The minimum absolute atomic E-state index is 0.150. The largest absolute Gasteiger partial charge is 0.340 e. The molecule has 0 atom stereocenters. The molecular formula is C25H32N2O2S. The summed E-state index contributed by atoms with van der Waals surface area (Å²) in [7, 11) is -3.52. The van der Waals surface area contributed by atoms with Gasteiger partial charge in [0.2, 0.25) is 0 Å². The first-order valence-electron chi connectivity index (χ1n) is 10.9. The summed E-state index contributed by atoms with van der Waals surface area (Å²) in [6, 6.07) is 13.5. The van der Waals surface area contributed by atoms with Gasteiger partial charge in [0.25, 0.3) is 0 Å². The molecular weight excluding hydrogens is 392 g/mol. The maximum Gasteiger partial charge on any atom is 0.191 e. The third-order valence-corrected chi connectivity index (χ3v) is 8.19. The number of fused-ring (bicyclic) bond motifs is 1. The number of para-hydroxylation sites is 1. The molecule has 1 aliphatic rings. The summed E-state index contributed by atoms with van der Waals surface area (Å²) >= 11 is 0. The molecule has 160 valence electrons. The number of hydrogen-bond acceptors (Lipinski definition) is 3. The van der Waals surface area contributed by atoms with Crippen molar-refractivity contribution in [3.63, 3.8) is 0 Å². The minimum atomic E-state index is -3.52. The van der Waals surface area contributed by atoms with Crippen LogP contribution in [-0.2, 0) is 9.84 Å². The van der Waals surface area contributed by atoms with Crippen LogP contribution in [0.1, 0.15) is 57.9 Å². The van der Waals surface area contributed by atoms with Gasteiger partial charge in [-0.3, -0.25) is 0 Å². The van der Waals surface area contributed by atoms with Crippen molar-refractivity contribution in [2.75, 3.05) is 17.2 Å². The summed E-state index contributed by atoms with van der Waals surface area (Å²) in [5.74, 6) is 0.150. The molecule has 1 heterocycles. The van der Waals surface area contributed by atoms with Gasteiger partial charge in [-0.2, -0.15) is 0 Å². The van der Waals surface area contributed by atoms with Crippen LogP contribution in [0, 0.1) is 18.9 Å². The highest BCUT2D eigenvalue weighted by Gasteiger charge is 2.42. The average molecular weight is 425 g/mol. The van der Waals surface area contributed by atoms with E-state index in [0.717, 1.165) is 49.8 Å². The first-order valence-corrected chi connectivity index (χ1v) is 12.6. The van der Waals surface area contributed by atoms with E-state index in [-0.39, 0.29) is 11.2 Å². The highest BCUT2D eigenvalue weighted by Crippen LogP contribution is 2.46. The molecule has 0 spiro atoms. The predicted octanol–water partition coefficient (Wildman–Crippen LogP) is 6.84. The molecule has 5 heteroatoms. The van der Waals surface area contributed by atoms with Gasteiger partial charge in [0.15, 0.2) is 15.5 Å². The van der Waals surface area contributed by atoms with Crippen molar-refractivity contribution in [2.45, 2.75) is 64.2 Å². The lowest BCUT2D eigenvalue weighted by Gasteiger charge is -2.37. The molecule has 30 heavy (non-hydrogen) atoms. The molecule has 1 aliphatic heterocycles. The van der Waals surface area contributed by atoms with E-state index in [1.807, 2.05) is 43.3 Å². The van der Waals surface area contributed by atoms with Gasteiger partial charge in [-0.15, -0.1) is 0 Å². The molecule has 0 bridgehead atoms. The van der Waals surface area contributed by atoms with Crippen molar-refractivity contribution in [2.24, 2.45) is 5.41 Å². The number of hydrogen-bond donors (Lipinski definition) is 0. The maximum atomic E-state index is 13.7. The Hall–Kier alpha value is -2.32. The van der Waals surface area contributed by atoms with Gasteiger partial charge in [0.05, 0.1) is 22.9 Å². The van der Waals surface area contributed by atoms with Gasteiger partial charge in [0.1, 0.15) is 0 Å². The first kappa shape index (κ1) is 22.4. The number of rotatable bonds is 7. The van der Waals surface area contributed by atoms with E-state index in [4.69, 9.17) is 6.57 Å². The fourth-order valence-corrected chi connectivity index (χ4v) is 6.68. The molecule has 0 unspecified atom stereocenters. The van der Waals surface area contributed by atoms with Crippen molar-refractivity contribution < 1.29 is 8.42 Å². The Balaban J connectivity index is 2.25. The molecule has 0 aromatic heterocycles. The van der Waals surface area contributed by atoms with Crippen LogP contribution >= 0.6 is 0 Å². The Kier molecular flexibility index (Phi) is 6.88. The number of nitrogens with zero attached hydrogens (tertiary/aromatic N) is 2. The highest BCUT2D eigenvalue weighted by molar-refractivity contribution is 7.91. The van der Waals surface area contributed by atoms with Crippen LogP contribution < -0.4 is 4.90 Å². The minimum Gasteiger partial charge on any atom is -0.340 e. The Labute approximate surface area is 181 Å². The second-order valence-corrected chi connectivity index (χ2v) is 10.6. The predicted molar refractivity (Wildman–Crippen MR) is 124 cm³/mol. The fraction of sp³-hybridized carbons (Fsp3) is 0.480. The van der Waals surface area contributed by atoms with Crippen molar-refractivity contribution in [3.05, 3.63) is 59.4 Å². The molecule has 0 saturated carbocycles. The first-order chi connectivity index (χ1) is 14.4. The molecule has 0 aliphatic carbocycles. The number of anilines is 2. The maximum absolute atomic E-state index is 13.7. The summed E-state index contributed by atoms with van der Waals surface area (Å²) < 4.78 is 27.3. The number of benzene rings is 2. The topological polar surface area (TPSA) is 41.7 Å². The quantitative estimate of drug-likeness (QED) is 0.457. The molecule has 2 aromatic rings. The number of aryl methyl sites for hydroxylation is 1.